The Hall–Kier alpha value is -1.55. The van der Waals surface area contributed by atoms with Crippen molar-refractivity contribution < 1.29 is 4.74 Å². The number of benzene rings is 2. The van der Waals surface area contributed by atoms with Crippen LogP contribution >= 0.6 is 11.6 Å². The zero-order chi connectivity index (χ0) is 14.5. The summed E-state index contributed by atoms with van der Waals surface area (Å²) in [6, 6.07) is 14.0. The van der Waals surface area contributed by atoms with Gasteiger partial charge in [-0.2, -0.15) is 0 Å². The predicted octanol–water partition coefficient (Wildman–Crippen LogP) is 3.40. The molecular weight excluding hydrogens is 272 g/mol. The quantitative estimate of drug-likeness (QED) is 0.655. The smallest absolute Gasteiger partial charge is 0.122 e. The maximum absolute atomic E-state index is 5.90. The molecule has 0 aromatic heterocycles. The van der Waals surface area contributed by atoms with Crippen LogP contribution in [0, 0.1) is 6.92 Å². The van der Waals surface area contributed by atoms with E-state index in [1.54, 1.807) is 7.11 Å². The summed E-state index contributed by atoms with van der Waals surface area (Å²) in [4.78, 5) is 0. The predicted molar refractivity (Wildman–Crippen MR) is 83.0 cm³/mol. The molecule has 106 valence electrons. The number of hydrazine groups is 1. The van der Waals surface area contributed by atoms with Gasteiger partial charge in [0.05, 0.1) is 13.2 Å². The fourth-order valence-corrected chi connectivity index (χ4v) is 2.31. The van der Waals surface area contributed by atoms with Crippen LogP contribution in [-0.4, -0.2) is 7.11 Å². The second-order valence-corrected chi connectivity index (χ2v) is 5.22. The van der Waals surface area contributed by atoms with Crippen molar-refractivity contribution in [1.29, 1.82) is 0 Å². The van der Waals surface area contributed by atoms with E-state index in [9.17, 15) is 0 Å². The van der Waals surface area contributed by atoms with Gasteiger partial charge in [0.25, 0.3) is 0 Å². The third-order valence-electron chi connectivity index (χ3n) is 3.39. The Kier molecular flexibility index (Phi) is 5.01. The monoisotopic (exact) mass is 290 g/mol. The minimum Gasteiger partial charge on any atom is -0.496 e. The van der Waals surface area contributed by atoms with E-state index in [1.165, 1.54) is 5.56 Å². The summed E-state index contributed by atoms with van der Waals surface area (Å²) in [7, 11) is 1.68. The number of hydrogen-bond donors (Lipinski definition) is 2. The molecule has 0 amide bonds. The Morgan fingerprint density at radius 1 is 1.20 bits per heavy atom. The average Bonchev–Trinajstić information content (AvgIpc) is 2.47. The molecule has 2 aromatic carbocycles. The standard InChI is InChI=1S/C16H19ClN2O/c1-11-3-6-13(10-16(11)20-2)15(19-18)9-12-4-7-14(17)8-5-12/h3-8,10,15,19H,9,18H2,1-2H3. The molecule has 3 nitrogen and oxygen atoms in total. The molecule has 0 aliphatic heterocycles. The van der Waals surface area contributed by atoms with Gasteiger partial charge in [-0.05, 0) is 48.2 Å². The normalized spacial score (nSPS) is 12.2. The van der Waals surface area contributed by atoms with Crippen LogP contribution in [0.4, 0.5) is 0 Å². The molecule has 0 saturated heterocycles. The van der Waals surface area contributed by atoms with E-state index < -0.39 is 0 Å². The molecule has 0 radical (unpaired) electrons. The van der Waals surface area contributed by atoms with Crippen LogP contribution in [-0.2, 0) is 6.42 Å². The van der Waals surface area contributed by atoms with Crippen LogP contribution in [0.1, 0.15) is 22.7 Å². The minimum absolute atomic E-state index is 0.0330. The van der Waals surface area contributed by atoms with Gasteiger partial charge in [-0.25, -0.2) is 0 Å². The Morgan fingerprint density at radius 3 is 2.50 bits per heavy atom. The summed E-state index contributed by atoms with van der Waals surface area (Å²) in [6.07, 6.45) is 0.792. The van der Waals surface area contributed by atoms with Gasteiger partial charge in [0.1, 0.15) is 5.75 Å². The second kappa shape index (κ2) is 6.75. The fourth-order valence-electron chi connectivity index (χ4n) is 2.18. The van der Waals surface area contributed by atoms with Crippen LogP contribution in [0.3, 0.4) is 0 Å². The summed E-state index contributed by atoms with van der Waals surface area (Å²) < 4.78 is 5.36. The number of ether oxygens (including phenoxy) is 1. The Balaban J connectivity index is 2.21. The van der Waals surface area contributed by atoms with Crippen molar-refractivity contribution >= 4 is 11.6 Å². The van der Waals surface area contributed by atoms with Crippen LogP contribution < -0.4 is 16.0 Å². The zero-order valence-corrected chi connectivity index (χ0v) is 12.4. The number of rotatable bonds is 5. The molecule has 3 N–H and O–H groups in total. The SMILES string of the molecule is COc1cc(C(Cc2ccc(Cl)cc2)NN)ccc1C. The summed E-state index contributed by atoms with van der Waals surface area (Å²) in [5.41, 5.74) is 6.25. The number of nitrogens with two attached hydrogens (primary N) is 1. The lowest BCUT2D eigenvalue weighted by molar-refractivity contribution is 0.410. The summed E-state index contributed by atoms with van der Waals surface area (Å²) in [5.74, 6) is 6.57. The lowest BCUT2D eigenvalue weighted by Gasteiger charge is -2.18. The third kappa shape index (κ3) is 3.51. The third-order valence-corrected chi connectivity index (χ3v) is 3.64. The first-order chi connectivity index (χ1) is 9.63. The molecule has 4 heteroatoms. The molecule has 0 saturated carbocycles. The van der Waals surface area contributed by atoms with Crippen molar-refractivity contribution in [2.24, 2.45) is 5.84 Å². The van der Waals surface area contributed by atoms with E-state index in [2.05, 4.69) is 11.5 Å². The molecule has 0 bridgehead atoms. The highest BCUT2D eigenvalue weighted by Crippen LogP contribution is 2.25. The summed E-state index contributed by atoms with van der Waals surface area (Å²) in [5, 5.41) is 0.739. The van der Waals surface area contributed by atoms with Gasteiger partial charge in [0.2, 0.25) is 0 Å². The molecule has 0 aliphatic carbocycles. The fraction of sp³-hybridized carbons (Fsp3) is 0.250. The molecule has 0 aliphatic rings. The summed E-state index contributed by atoms with van der Waals surface area (Å²) in [6.45, 7) is 2.02. The molecule has 2 aromatic rings. The Morgan fingerprint density at radius 2 is 1.90 bits per heavy atom. The van der Waals surface area contributed by atoms with E-state index in [0.717, 1.165) is 28.3 Å². The number of hydrogen-bond acceptors (Lipinski definition) is 3. The molecule has 20 heavy (non-hydrogen) atoms. The first kappa shape index (κ1) is 14.9. The Bertz CT molecular complexity index is 569. The lowest BCUT2D eigenvalue weighted by atomic mass is 9.98. The van der Waals surface area contributed by atoms with E-state index in [4.69, 9.17) is 22.2 Å². The number of aryl methyl sites for hydroxylation is 1. The van der Waals surface area contributed by atoms with E-state index in [-0.39, 0.29) is 6.04 Å². The molecule has 0 spiro atoms. The molecule has 1 atom stereocenters. The van der Waals surface area contributed by atoms with Crippen molar-refractivity contribution in [2.75, 3.05) is 7.11 Å². The number of halogens is 1. The molecule has 2 rings (SSSR count). The van der Waals surface area contributed by atoms with Gasteiger partial charge in [0.15, 0.2) is 0 Å². The topological polar surface area (TPSA) is 47.3 Å². The molecule has 0 heterocycles. The zero-order valence-electron chi connectivity index (χ0n) is 11.7. The van der Waals surface area contributed by atoms with Crippen LogP contribution in [0.25, 0.3) is 0 Å². The van der Waals surface area contributed by atoms with Crippen LogP contribution in [0.5, 0.6) is 5.75 Å². The molecular formula is C16H19ClN2O. The van der Waals surface area contributed by atoms with E-state index in [0.29, 0.717) is 0 Å². The Labute approximate surface area is 124 Å². The van der Waals surface area contributed by atoms with Gasteiger partial charge in [-0.15, -0.1) is 0 Å². The second-order valence-electron chi connectivity index (χ2n) is 4.78. The lowest BCUT2D eigenvalue weighted by Crippen LogP contribution is -2.29. The van der Waals surface area contributed by atoms with Crippen molar-refractivity contribution in [1.82, 2.24) is 5.43 Å². The first-order valence-electron chi connectivity index (χ1n) is 6.49. The van der Waals surface area contributed by atoms with Gasteiger partial charge in [0, 0.05) is 5.02 Å². The van der Waals surface area contributed by atoms with Crippen molar-refractivity contribution in [3.63, 3.8) is 0 Å². The highest BCUT2D eigenvalue weighted by atomic mass is 35.5. The van der Waals surface area contributed by atoms with Crippen LogP contribution in [0.15, 0.2) is 42.5 Å². The average molecular weight is 291 g/mol. The summed E-state index contributed by atoms with van der Waals surface area (Å²) >= 11 is 5.90. The van der Waals surface area contributed by atoms with Gasteiger partial charge < -0.3 is 4.74 Å². The number of nitrogens with one attached hydrogen (secondary N) is 1. The maximum atomic E-state index is 5.90. The molecule has 1 unspecified atom stereocenters. The maximum Gasteiger partial charge on any atom is 0.122 e. The van der Waals surface area contributed by atoms with E-state index in [1.807, 2.05) is 43.3 Å². The van der Waals surface area contributed by atoms with Crippen molar-refractivity contribution in [3.8, 4) is 5.75 Å². The highest BCUT2D eigenvalue weighted by Gasteiger charge is 2.12. The molecule has 0 fully saturated rings. The first-order valence-corrected chi connectivity index (χ1v) is 6.87. The van der Waals surface area contributed by atoms with Crippen molar-refractivity contribution in [3.05, 3.63) is 64.2 Å². The number of methoxy groups -OCH3 is 1. The van der Waals surface area contributed by atoms with Gasteiger partial charge in [-0.3, -0.25) is 11.3 Å². The largest absolute Gasteiger partial charge is 0.496 e. The van der Waals surface area contributed by atoms with Crippen molar-refractivity contribution in [2.45, 2.75) is 19.4 Å². The van der Waals surface area contributed by atoms with E-state index >= 15 is 0 Å². The highest BCUT2D eigenvalue weighted by molar-refractivity contribution is 6.30. The van der Waals surface area contributed by atoms with Gasteiger partial charge >= 0.3 is 0 Å². The minimum atomic E-state index is 0.0330. The van der Waals surface area contributed by atoms with Gasteiger partial charge in [-0.1, -0.05) is 35.9 Å². The van der Waals surface area contributed by atoms with Crippen LogP contribution in [0.2, 0.25) is 5.02 Å².